The van der Waals surface area contributed by atoms with Crippen LogP contribution in [0.1, 0.15) is 51.9 Å². The maximum atomic E-state index is 12.4. The van der Waals surface area contributed by atoms with Gasteiger partial charge in [-0.25, -0.2) is 9.48 Å². The van der Waals surface area contributed by atoms with Gasteiger partial charge in [0.2, 0.25) is 0 Å². The van der Waals surface area contributed by atoms with Crippen molar-refractivity contribution < 1.29 is 4.79 Å². The fourth-order valence-electron chi connectivity index (χ4n) is 4.70. The quantitative estimate of drug-likeness (QED) is 0.587. The minimum absolute atomic E-state index is 0.00753. The zero-order valence-electron chi connectivity index (χ0n) is 18.7. The number of nitrogens with one attached hydrogen (secondary N) is 2. The second-order valence-electron chi connectivity index (χ2n) is 8.84. The highest BCUT2D eigenvalue weighted by atomic mass is 35.5. The predicted molar refractivity (Wildman–Crippen MR) is 130 cm³/mol. The van der Waals surface area contributed by atoms with E-state index in [-0.39, 0.29) is 12.1 Å². The molecule has 0 bridgehead atoms. The molecule has 174 valence electrons. The average Bonchev–Trinajstić information content (AvgIpc) is 3.11. The Kier molecular flexibility index (Phi) is 7.86. The summed E-state index contributed by atoms with van der Waals surface area (Å²) >= 11 is 11.7. The van der Waals surface area contributed by atoms with Gasteiger partial charge in [0.1, 0.15) is 0 Å². The molecule has 1 aliphatic carbocycles. The molecule has 2 fully saturated rings. The normalized spacial score (nSPS) is 18.6. The van der Waals surface area contributed by atoms with E-state index < -0.39 is 0 Å². The number of likely N-dealkylation sites (tertiary alicyclic amines) is 1. The lowest BCUT2D eigenvalue weighted by Gasteiger charge is -2.32. The fourth-order valence-corrected chi connectivity index (χ4v) is 5.14. The zero-order chi connectivity index (χ0) is 22.5. The van der Waals surface area contributed by atoms with Crippen LogP contribution < -0.4 is 10.6 Å². The molecule has 2 aliphatic rings. The Labute approximate surface area is 200 Å². The number of carbonyl (C=O) groups excluding carboxylic acids is 1. The number of hydrogen-bond donors (Lipinski definition) is 2. The van der Waals surface area contributed by atoms with Gasteiger partial charge in [0.15, 0.2) is 10.6 Å². The van der Waals surface area contributed by atoms with E-state index in [1.807, 2.05) is 28.9 Å². The summed E-state index contributed by atoms with van der Waals surface area (Å²) in [4.78, 5) is 14.7. The van der Waals surface area contributed by atoms with Crippen LogP contribution >= 0.6 is 23.8 Å². The Morgan fingerprint density at radius 3 is 2.31 bits per heavy atom. The first kappa shape index (κ1) is 23.3. The molecule has 9 heteroatoms. The molecule has 0 radical (unpaired) electrons. The van der Waals surface area contributed by atoms with Crippen molar-refractivity contribution in [2.24, 2.45) is 0 Å². The summed E-state index contributed by atoms with van der Waals surface area (Å²) in [5, 5.41) is 11.9. The molecule has 1 aromatic heterocycles. The number of amides is 2. The number of halogens is 1. The molecule has 0 atom stereocenters. The van der Waals surface area contributed by atoms with Crippen molar-refractivity contribution in [2.75, 3.05) is 13.1 Å². The summed E-state index contributed by atoms with van der Waals surface area (Å²) in [5.41, 5.74) is 1.01. The monoisotopic (exact) mass is 476 g/mol. The van der Waals surface area contributed by atoms with Crippen molar-refractivity contribution in [1.82, 2.24) is 29.9 Å². The summed E-state index contributed by atoms with van der Waals surface area (Å²) < 4.78 is 4.69. The van der Waals surface area contributed by atoms with E-state index >= 15 is 0 Å². The third-order valence-corrected chi connectivity index (χ3v) is 7.22. The summed E-state index contributed by atoms with van der Waals surface area (Å²) in [6.07, 6.45) is 7.82. The van der Waals surface area contributed by atoms with Crippen molar-refractivity contribution in [3.63, 3.8) is 0 Å². The van der Waals surface area contributed by atoms with Crippen molar-refractivity contribution in [3.8, 4) is 11.4 Å². The second-order valence-corrected chi connectivity index (χ2v) is 9.64. The van der Waals surface area contributed by atoms with Crippen LogP contribution in [0.4, 0.5) is 4.79 Å². The van der Waals surface area contributed by atoms with E-state index in [9.17, 15) is 4.79 Å². The van der Waals surface area contributed by atoms with Crippen LogP contribution in [-0.4, -0.2) is 50.5 Å². The van der Waals surface area contributed by atoms with Gasteiger partial charge in [-0.3, -0.25) is 4.90 Å². The molecule has 2 amide bonds. The van der Waals surface area contributed by atoms with Gasteiger partial charge in [0, 0.05) is 42.3 Å². The Morgan fingerprint density at radius 1 is 1.06 bits per heavy atom. The first-order valence-electron chi connectivity index (χ1n) is 11.8. The highest BCUT2D eigenvalue weighted by Gasteiger charge is 2.23. The lowest BCUT2D eigenvalue weighted by atomic mass is 9.96. The van der Waals surface area contributed by atoms with Crippen LogP contribution in [0.3, 0.4) is 0 Å². The smallest absolute Gasteiger partial charge is 0.315 e. The van der Waals surface area contributed by atoms with Crippen molar-refractivity contribution >= 4 is 29.8 Å². The van der Waals surface area contributed by atoms with Crippen LogP contribution in [0.15, 0.2) is 24.3 Å². The largest absolute Gasteiger partial charge is 0.335 e. The Morgan fingerprint density at radius 2 is 1.69 bits per heavy atom. The molecule has 2 aromatic rings. The lowest BCUT2D eigenvalue weighted by molar-refractivity contribution is 0.150. The first-order chi connectivity index (χ1) is 15.5. The van der Waals surface area contributed by atoms with E-state index in [4.69, 9.17) is 28.9 Å². The highest BCUT2D eigenvalue weighted by Crippen LogP contribution is 2.22. The molecular formula is C23H33ClN6OS. The fraction of sp³-hybridized carbons (Fsp3) is 0.609. The van der Waals surface area contributed by atoms with Crippen LogP contribution in [-0.2, 0) is 13.2 Å². The minimum atomic E-state index is -0.00753. The van der Waals surface area contributed by atoms with Crippen molar-refractivity contribution in [1.29, 1.82) is 0 Å². The number of nitrogens with zero attached hydrogens (tertiary/aromatic N) is 4. The third-order valence-electron chi connectivity index (χ3n) is 6.54. The molecule has 1 saturated heterocycles. The van der Waals surface area contributed by atoms with E-state index in [0.29, 0.717) is 17.7 Å². The van der Waals surface area contributed by atoms with E-state index in [1.54, 1.807) is 0 Å². The summed E-state index contributed by atoms with van der Waals surface area (Å²) in [5.74, 6) is 0.866. The molecule has 0 unspecified atom stereocenters. The number of rotatable bonds is 6. The number of benzene rings is 1. The highest BCUT2D eigenvalue weighted by molar-refractivity contribution is 7.71. The van der Waals surface area contributed by atoms with Gasteiger partial charge in [-0.2, -0.15) is 5.10 Å². The Bertz CT molecular complexity index is 958. The molecule has 4 rings (SSSR count). The summed E-state index contributed by atoms with van der Waals surface area (Å²) in [6, 6.07) is 8.26. The maximum absolute atomic E-state index is 12.4. The van der Waals surface area contributed by atoms with Gasteiger partial charge in [0.05, 0.1) is 6.67 Å². The standard InChI is InChI=1S/C23H33ClN6OS/c1-2-29-21(17-8-10-18(24)11-9-17)27-30(23(29)32)16-28-14-12-20(13-15-28)26-22(31)25-19-6-4-3-5-7-19/h8-11,19-20H,2-7,12-16H2,1H3,(H2,25,26,31). The molecule has 0 spiro atoms. The number of urea groups is 1. The van der Waals surface area contributed by atoms with Crippen LogP contribution in [0.5, 0.6) is 0 Å². The molecule has 32 heavy (non-hydrogen) atoms. The molecule has 7 nitrogen and oxygen atoms in total. The van der Waals surface area contributed by atoms with Crippen molar-refractivity contribution in [3.05, 3.63) is 34.1 Å². The number of hydrogen-bond acceptors (Lipinski definition) is 4. The number of aromatic nitrogens is 3. The van der Waals surface area contributed by atoms with E-state index in [0.717, 1.165) is 61.5 Å². The SMILES string of the molecule is CCn1c(-c2ccc(Cl)cc2)nn(CN2CCC(NC(=O)NC3CCCCC3)CC2)c1=S. The molecule has 2 N–H and O–H groups in total. The average molecular weight is 477 g/mol. The van der Waals surface area contributed by atoms with Gasteiger partial charge >= 0.3 is 6.03 Å². The van der Waals surface area contributed by atoms with E-state index in [1.165, 1.54) is 19.3 Å². The number of carbonyl (C=O) groups is 1. The van der Waals surface area contributed by atoms with Crippen LogP contribution in [0, 0.1) is 4.77 Å². The Balaban J connectivity index is 1.31. The minimum Gasteiger partial charge on any atom is -0.335 e. The molecular weight excluding hydrogens is 444 g/mol. The molecule has 2 heterocycles. The van der Waals surface area contributed by atoms with Crippen molar-refractivity contribution in [2.45, 2.75) is 77.2 Å². The van der Waals surface area contributed by atoms with Gasteiger partial charge in [0.25, 0.3) is 0 Å². The molecule has 1 aliphatic heterocycles. The van der Waals surface area contributed by atoms with Crippen LogP contribution in [0.25, 0.3) is 11.4 Å². The summed E-state index contributed by atoms with van der Waals surface area (Å²) in [6.45, 7) is 5.32. The van der Waals surface area contributed by atoms with Gasteiger partial charge in [-0.1, -0.05) is 30.9 Å². The first-order valence-corrected chi connectivity index (χ1v) is 12.5. The van der Waals surface area contributed by atoms with E-state index in [2.05, 4.69) is 27.0 Å². The molecule has 1 aromatic carbocycles. The second kappa shape index (κ2) is 10.8. The number of piperidine rings is 1. The maximum Gasteiger partial charge on any atom is 0.315 e. The van der Waals surface area contributed by atoms with Gasteiger partial charge in [-0.05, 0) is 69.1 Å². The summed E-state index contributed by atoms with van der Waals surface area (Å²) in [7, 11) is 0. The third kappa shape index (κ3) is 5.71. The molecule has 1 saturated carbocycles. The van der Waals surface area contributed by atoms with Gasteiger partial charge in [-0.15, -0.1) is 0 Å². The lowest BCUT2D eigenvalue weighted by Crippen LogP contribution is -2.50. The Hall–Kier alpha value is -1.90. The van der Waals surface area contributed by atoms with Gasteiger partial charge < -0.3 is 15.2 Å². The topological polar surface area (TPSA) is 67.1 Å². The zero-order valence-corrected chi connectivity index (χ0v) is 20.3. The predicted octanol–water partition coefficient (Wildman–Crippen LogP) is 4.81. The van der Waals surface area contributed by atoms with Crippen LogP contribution in [0.2, 0.25) is 5.02 Å².